The van der Waals surface area contributed by atoms with Crippen molar-refractivity contribution in [2.45, 2.75) is 12.7 Å². The summed E-state index contributed by atoms with van der Waals surface area (Å²) in [6, 6.07) is 7.26. The number of hydrogen-bond donors (Lipinski definition) is 2. The summed E-state index contributed by atoms with van der Waals surface area (Å²) in [7, 11) is 1.59. The third-order valence-electron chi connectivity index (χ3n) is 2.30. The van der Waals surface area contributed by atoms with Crippen molar-refractivity contribution in [1.29, 1.82) is 0 Å². The Labute approximate surface area is 116 Å². The standard InChI is InChI=1S/C13H18O5S/c1-17-12-4-2-10(3-5-12)7-18-13(16)9-19-8-11(15)6-14/h2-5,11,14-15H,6-9H2,1H3. The van der Waals surface area contributed by atoms with E-state index in [4.69, 9.17) is 19.7 Å². The van der Waals surface area contributed by atoms with Gasteiger partial charge in [-0.05, 0) is 17.7 Å². The van der Waals surface area contributed by atoms with E-state index < -0.39 is 6.10 Å². The van der Waals surface area contributed by atoms with Gasteiger partial charge in [0.05, 0.1) is 25.6 Å². The van der Waals surface area contributed by atoms with Gasteiger partial charge in [-0.3, -0.25) is 4.79 Å². The van der Waals surface area contributed by atoms with Crippen LogP contribution in [0.2, 0.25) is 0 Å². The first-order chi connectivity index (χ1) is 9.15. The molecule has 0 spiro atoms. The molecule has 0 bridgehead atoms. The summed E-state index contributed by atoms with van der Waals surface area (Å²) in [6.45, 7) is -0.0835. The van der Waals surface area contributed by atoms with Gasteiger partial charge in [-0.15, -0.1) is 11.8 Å². The van der Waals surface area contributed by atoms with Crippen molar-refractivity contribution in [3.63, 3.8) is 0 Å². The van der Waals surface area contributed by atoms with Crippen LogP contribution >= 0.6 is 11.8 Å². The van der Waals surface area contributed by atoms with Crippen LogP contribution < -0.4 is 4.74 Å². The van der Waals surface area contributed by atoms with E-state index in [9.17, 15) is 4.79 Å². The first-order valence-electron chi connectivity index (χ1n) is 5.81. The number of carbonyl (C=O) groups is 1. The van der Waals surface area contributed by atoms with Crippen LogP contribution in [0.25, 0.3) is 0 Å². The molecular formula is C13H18O5S. The number of hydrogen-bond acceptors (Lipinski definition) is 6. The topological polar surface area (TPSA) is 76.0 Å². The Morgan fingerprint density at radius 2 is 2.05 bits per heavy atom. The second kappa shape index (κ2) is 8.79. The third kappa shape index (κ3) is 6.47. The number of aliphatic hydroxyl groups is 2. The molecule has 0 aromatic heterocycles. The lowest BCUT2D eigenvalue weighted by atomic mass is 10.2. The van der Waals surface area contributed by atoms with Crippen LogP contribution in [0.1, 0.15) is 5.56 Å². The van der Waals surface area contributed by atoms with Gasteiger partial charge >= 0.3 is 5.97 Å². The molecular weight excluding hydrogens is 268 g/mol. The lowest BCUT2D eigenvalue weighted by Crippen LogP contribution is -2.16. The Morgan fingerprint density at radius 3 is 2.63 bits per heavy atom. The van der Waals surface area contributed by atoms with Crippen molar-refractivity contribution in [3.05, 3.63) is 29.8 Å². The summed E-state index contributed by atoms with van der Waals surface area (Å²) in [6.07, 6.45) is -0.792. The van der Waals surface area contributed by atoms with E-state index >= 15 is 0 Å². The number of ether oxygens (including phenoxy) is 2. The van der Waals surface area contributed by atoms with E-state index in [1.54, 1.807) is 19.2 Å². The highest BCUT2D eigenvalue weighted by Gasteiger charge is 2.07. The van der Waals surface area contributed by atoms with Gasteiger partial charge in [0.2, 0.25) is 0 Å². The van der Waals surface area contributed by atoms with Crippen molar-refractivity contribution in [2.75, 3.05) is 25.2 Å². The van der Waals surface area contributed by atoms with Gasteiger partial charge in [-0.2, -0.15) is 0 Å². The Morgan fingerprint density at radius 1 is 1.37 bits per heavy atom. The second-order valence-corrected chi connectivity index (χ2v) is 4.89. The van der Waals surface area contributed by atoms with Crippen molar-refractivity contribution in [3.8, 4) is 5.75 Å². The molecule has 1 rings (SSSR count). The summed E-state index contributed by atoms with van der Waals surface area (Å²) in [4.78, 5) is 11.4. The van der Waals surface area contributed by atoms with Crippen molar-refractivity contribution >= 4 is 17.7 Å². The van der Waals surface area contributed by atoms with E-state index in [0.717, 1.165) is 11.3 Å². The van der Waals surface area contributed by atoms with Crippen LogP contribution in [0.4, 0.5) is 0 Å². The molecule has 0 aliphatic rings. The monoisotopic (exact) mass is 286 g/mol. The summed E-state index contributed by atoms with van der Waals surface area (Å²) >= 11 is 1.23. The minimum absolute atomic E-state index is 0.160. The summed E-state index contributed by atoms with van der Waals surface area (Å²) in [5, 5.41) is 17.7. The lowest BCUT2D eigenvalue weighted by Gasteiger charge is -2.07. The van der Waals surface area contributed by atoms with Gasteiger partial charge in [0.1, 0.15) is 12.4 Å². The molecule has 0 aliphatic carbocycles. The zero-order valence-corrected chi connectivity index (χ0v) is 11.6. The van der Waals surface area contributed by atoms with Gasteiger partial charge < -0.3 is 19.7 Å². The molecule has 19 heavy (non-hydrogen) atoms. The lowest BCUT2D eigenvalue weighted by molar-refractivity contribution is -0.141. The fourth-order valence-corrected chi connectivity index (χ4v) is 2.00. The number of methoxy groups -OCH3 is 1. The van der Waals surface area contributed by atoms with E-state index in [-0.39, 0.29) is 24.9 Å². The molecule has 0 saturated heterocycles. The maximum atomic E-state index is 11.4. The van der Waals surface area contributed by atoms with Crippen molar-refractivity contribution in [2.24, 2.45) is 0 Å². The Bertz CT molecular complexity index is 379. The third-order valence-corrected chi connectivity index (χ3v) is 3.36. The molecule has 0 amide bonds. The minimum Gasteiger partial charge on any atom is -0.497 e. The van der Waals surface area contributed by atoms with Crippen molar-refractivity contribution < 1.29 is 24.5 Å². The predicted molar refractivity (Wildman–Crippen MR) is 73.2 cm³/mol. The molecule has 1 atom stereocenters. The highest BCUT2D eigenvalue weighted by atomic mass is 32.2. The average molecular weight is 286 g/mol. The molecule has 5 nitrogen and oxygen atoms in total. The molecule has 1 aromatic carbocycles. The van der Waals surface area contributed by atoms with Gasteiger partial charge in [-0.1, -0.05) is 12.1 Å². The Hall–Kier alpha value is -1.24. The number of carbonyl (C=O) groups excluding carboxylic acids is 1. The maximum absolute atomic E-state index is 11.4. The molecule has 0 fully saturated rings. The first-order valence-corrected chi connectivity index (χ1v) is 6.96. The number of aliphatic hydroxyl groups excluding tert-OH is 2. The van der Waals surface area contributed by atoms with Crippen LogP contribution in [0.5, 0.6) is 5.75 Å². The highest BCUT2D eigenvalue weighted by Crippen LogP contribution is 2.12. The average Bonchev–Trinajstić information content (AvgIpc) is 2.45. The second-order valence-electron chi connectivity index (χ2n) is 3.86. The molecule has 6 heteroatoms. The van der Waals surface area contributed by atoms with E-state index in [0.29, 0.717) is 5.75 Å². The van der Waals surface area contributed by atoms with E-state index in [1.165, 1.54) is 11.8 Å². The fourth-order valence-electron chi connectivity index (χ4n) is 1.26. The zero-order valence-electron chi connectivity index (χ0n) is 10.7. The van der Waals surface area contributed by atoms with E-state index in [2.05, 4.69) is 0 Å². The number of thioether (sulfide) groups is 1. The zero-order chi connectivity index (χ0) is 14.1. The number of benzene rings is 1. The van der Waals surface area contributed by atoms with Gasteiger partial charge in [-0.25, -0.2) is 0 Å². The largest absolute Gasteiger partial charge is 0.497 e. The van der Waals surface area contributed by atoms with Crippen LogP contribution in [-0.2, 0) is 16.1 Å². The Balaban J connectivity index is 2.22. The number of rotatable bonds is 8. The molecule has 0 aliphatic heterocycles. The molecule has 1 unspecified atom stereocenters. The molecule has 0 heterocycles. The summed E-state index contributed by atoms with van der Waals surface area (Å²) in [5.41, 5.74) is 0.884. The predicted octanol–water partition coefficient (Wildman–Crippen LogP) is 0.825. The smallest absolute Gasteiger partial charge is 0.316 e. The van der Waals surface area contributed by atoms with Gasteiger partial charge in [0.15, 0.2) is 0 Å². The molecule has 106 valence electrons. The molecule has 0 saturated carbocycles. The first kappa shape index (κ1) is 15.8. The molecule has 0 radical (unpaired) electrons. The van der Waals surface area contributed by atoms with E-state index in [1.807, 2.05) is 12.1 Å². The molecule has 1 aromatic rings. The number of esters is 1. The summed E-state index contributed by atoms with van der Waals surface area (Å²) < 4.78 is 10.1. The van der Waals surface area contributed by atoms with Crippen LogP contribution in [-0.4, -0.2) is 47.5 Å². The summed E-state index contributed by atoms with van der Waals surface area (Å²) in [5.74, 6) is 0.885. The highest BCUT2D eigenvalue weighted by molar-refractivity contribution is 7.99. The van der Waals surface area contributed by atoms with Gasteiger partial charge in [0.25, 0.3) is 0 Å². The van der Waals surface area contributed by atoms with Crippen LogP contribution in [0.15, 0.2) is 24.3 Å². The molecule has 2 N–H and O–H groups in total. The van der Waals surface area contributed by atoms with Crippen molar-refractivity contribution in [1.82, 2.24) is 0 Å². The minimum atomic E-state index is -0.792. The quantitative estimate of drug-likeness (QED) is 0.689. The van der Waals surface area contributed by atoms with Crippen LogP contribution in [0.3, 0.4) is 0 Å². The SMILES string of the molecule is COc1ccc(COC(=O)CSCC(O)CO)cc1. The van der Waals surface area contributed by atoms with Crippen LogP contribution in [0, 0.1) is 0 Å². The Kier molecular flexibility index (Phi) is 7.32. The fraction of sp³-hybridized carbons (Fsp3) is 0.462. The maximum Gasteiger partial charge on any atom is 0.316 e. The normalized spacial score (nSPS) is 11.9. The van der Waals surface area contributed by atoms with Gasteiger partial charge in [0, 0.05) is 5.75 Å².